The SMILES string of the molecule is C=CCN1C[C@]2(C(=O)O)CN(CC(=O)N3CCc4ccccc43)C[C@@H]2C1=O. The van der Waals surface area contributed by atoms with Gasteiger partial charge in [-0.05, 0) is 18.1 Å². The Morgan fingerprint density at radius 3 is 2.78 bits per heavy atom. The zero-order chi connectivity index (χ0) is 19.2. The standard InChI is InChI=1S/C20H23N3O4/c1-2-8-22-13-20(19(26)27)12-21(10-15(20)18(22)25)11-17(24)23-9-7-14-5-3-4-6-16(14)23/h2-6,15H,1,7-13H2,(H,26,27)/t15-,20-/m1/s1. The third-order valence-electron chi connectivity index (χ3n) is 6.02. The maximum Gasteiger partial charge on any atom is 0.313 e. The highest BCUT2D eigenvalue weighted by Crippen LogP contribution is 2.43. The monoisotopic (exact) mass is 369 g/mol. The van der Waals surface area contributed by atoms with Crippen LogP contribution in [-0.2, 0) is 20.8 Å². The fraction of sp³-hybridized carbons (Fsp3) is 0.450. The lowest BCUT2D eigenvalue weighted by Crippen LogP contribution is -2.43. The van der Waals surface area contributed by atoms with E-state index in [1.54, 1.807) is 15.9 Å². The number of hydrogen-bond donors (Lipinski definition) is 1. The number of carboxylic acid groups (broad SMARTS) is 1. The van der Waals surface area contributed by atoms with Gasteiger partial charge in [-0.15, -0.1) is 6.58 Å². The minimum absolute atomic E-state index is 0.0455. The zero-order valence-corrected chi connectivity index (χ0v) is 15.1. The number of anilines is 1. The van der Waals surface area contributed by atoms with E-state index in [0.717, 1.165) is 17.7 Å². The predicted molar refractivity (Wildman–Crippen MR) is 99.3 cm³/mol. The molecule has 1 aromatic carbocycles. The number of rotatable bonds is 5. The zero-order valence-electron chi connectivity index (χ0n) is 15.1. The highest BCUT2D eigenvalue weighted by Gasteiger charge is 2.61. The molecule has 0 unspecified atom stereocenters. The number of carbonyl (C=O) groups is 3. The molecule has 0 saturated carbocycles. The fourth-order valence-electron chi connectivity index (χ4n) is 4.71. The van der Waals surface area contributed by atoms with Crippen LogP contribution in [0.25, 0.3) is 0 Å². The summed E-state index contributed by atoms with van der Waals surface area (Å²) in [6, 6.07) is 7.84. The second kappa shape index (κ2) is 6.49. The van der Waals surface area contributed by atoms with Gasteiger partial charge in [-0.2, -0.15) is 0 Å². The van der Waals surface area contributed by atoms with E-state index >= 15 is 0 Å². The predicted octanol–water partition coefficient (Wildman–Crippen LogP) is 0.607. The Labute approximate surface area is 157 Å². The third kappa shape index (κ3) is 2.73. The smallest absolute Gasteiger partial charge is 0.313 e. The quantitative estimate of drug-likeness (QED) is 0.769. The van der Waals surface area contributed by atoms with Gasteiger partial charge < -0.3 is 14.9 Å². The van der Waals surface area contributed by atoms with Crippen LogP contribution in [0.1, 0.15) is 5.56 Å². The number of fused-ring (bicyclic) bond motifs is 2. The van der Waals surface area contributed by atoms with Gasteiger partial charge >= 0.3 is 5.97 Å². The molecule has 2 atom stereocenters. The van der Waals surface area contributed by atoms with E-state index in [1.165, 1.54) is 0 Å². The van der Waals surface area contributed by atoms with E-state index < -0.39 is 17.3 Å². The van der Waals surface area contributed by atoms with Crippen LogP contribution in [0.4, 0.5) is 5.69 Å². The van der Waals surface area contributed by atoms with Gasteiger partial charge in [0.2, 0.25) is 11.8 Å². The normalized spacial score (nSPS) is 27.0. The molecule has 2 saturated heterocycles. The summed E-state index contributed by atoms with van der Waals surface area (Å²) >= 11 is 0. The number of hydrogen-bond acceptors (Lipinski definition) is 4. The van der Waals surface area contributed by atoms with E-state index in [4.69, 9.17) is 0 Å². The van der Waals surface area contributed by atoms with Gasteiger partial charge in [-0.1, -0.05) is 24.3 Å². The van der Waals surface area contributed by atoms with Crippen molar-refractivity contribution in [1.29, 1.82) is 0 Å². The Kier molecular flexibility index (Phi) is 4.26. The van der Waals surface area contributed by atoms with Crippen molar-refractivity contribution in [2.45, 2.75) is 6.42 Å². The van der Waals surface area contributed by atoms with Gasteiger partial charge in [0.15, 0.2) is 0 Å². The third-order valence-corrected chi connectivity index (χ3v) is 6.02. The lowest BCUT2D eigenvalue weighted by molar-refractivity contribution is -0.149. The average molecular weight is 369 g/mol. The molecule has 4 rings (SSSR count). The molecule has 7 heteroatoms. The Morgan fingerprint density at radius 1 is 1.30 bits per heavy atom. The molecule has 2 fully saturated rings. The summed E-state index contributed by atoms with van der Waals surface area (Å²) in [5.41, 5.74) is 0.952. The maximum absolute atomic E-state index is 12.8. The number of amides is 2. The Balaban J connectivity index is 1.48. The molecule has 3 aliphatic heterocycles. The lowest BCUT2D eigenvalue weighted by Gasteiger charge is -2.26. The summed E-state index contributed by atoms with van der Waals surface area (Å²) in [5, 5.41) is 9.84. The Morgan fingerprint density at radius 2 is 2.07 bits per heavy atom. The van der Waals surface area contributed by atoms with E-state index in [9.17, 15) is 19.5 Å². The van der Waals surface area contributed by atoms with Crippen LogP contribution in [0.3, 0.4) is 0 Å². The van der Waals surface area contributed by atoms with E-state index in [2.05, 4.69) is 6.58 Å². The van der Waals surface area contributed by atoms with Gasteiger partial charge in [0.05, 0.1) is 12.5 Å². The van der Waals surface area contributed by atoms with Gasteiger partial charge in [-0.3, -0.25) is 19.3 Å². The van der Waals surface area contributed by atoms with Crippen LogP contribution < -0.4 is 4.90 Å². The van der Waals surface area contributed by atoms with Crippen molar-refractivity contribution >= 4 is 23.5 Å². The number of nitrogens with zero attached hydrogens (tertiary/aromatic N) is 3. The second-order valence-corrected chi connectivity index (χ2v) is 7.62. The molecule has 0 aliphatic carbocycles. The molecule has 2 amide bonds. The topological polar surface area (TPSA) is 81.2 Å². The van der Waals surface area contributed by atoms with Crippen molar-refractivity contribution in [3.05, 3.63) is 42.5 Å². The summed E-state index contributed by atoms with van der Waals surface area (Å²) < 4.78 is 0. The molecule has 3 heterocycles. The van der Waals surface area contributed by atoms with Crippen molar-refractivity contribution in [2.75, 3.05) is 44.2 Å². The highest BCUT2D eigenvalue weighted by molar-refractivity contribution is 5.97. The Bertz CT molecular complexity index is 823. The van der Waals surface area contributed by atoms with Crippen LogP contribution in [0.15, 0.2) is 36.9 Å². The molecule has 27 heavy (non-hydrogen) atoms. The van der Waals surface area contributed by atoms with Gasteiger partial charge in [0, 0.05) is 38.4 Å². The maximum atomic E-state index is 12.8. The molecule has 142 valence electrons. The number of carboxylic acids is 1. The van der Waals surface area contributed by atoms with Gasteiger partial charge in [0.25, 0.3) is 0 Å². The van der Waals surface area contributed by atoms with Crippen molar-refractivity contribution in [2.24, 2.45) is 11.3 Å². The van der Waals surface area contributed by atoms with E-state index in [0.29, 0.717) is 19.6 Å². The molecule has 3 aliphatic rings. The molecule has 1 aromatic rings. The molecular weight excluding hydrogens is 346 g/mol. The molecule has 0 spiro atoms. The summed E-state index contributed by atoms with van der Waals surface area (Å²) in [6.07, 6.45) is 2.44. The van der Waals surface area contributed by atoms with Crippen LogP contribution in [0.5, 0.6) is 0 Å². The molecule has 0 bridgehead atoms. The fourth-order valence-corrected chi connectivity index (χ4v) is 4.71. The second-order valence-electron chi connectivity index (χ2n) is 7.62. The first-order valence-electron chi connectivity index (χ1n) is 9.20. The van der Waals surface area contributed by atoms with Gasteiger partial charge in [-0.25, -0.2) is 0 Å². The number of para-hydroxylation sites is 1. The summed E-state index contributed by atoms with van der Waals surface area (Å²) in [6.45, 7) is 5.47. The molecule has 1 N–H and O–H groups in total. The van der Waals surface area contributed by atoms with Crippen LogP contribution in [-0.4, -0.2) is 72.0 Å². The van der Waals surface area contributed by atoms with E-state index in [-0.39, 0.29) is 31.4 Å². The minimum atomic E-state index is -1.14. The largest absolute Gasteiger partial charge is 0.481 e. The first-order valence-corrected chi connectivity index (χ1v) is 9.20. The van der Waals surface area contributed by atoms with Crippen molar-refractivity contribution < 1.29 is 19.5 Å². The van der Waals surface area contributed by atoms with E-state index in [1.807, 2.05) is 29.2 Å². The van der Waals surface area contributed by atoms with Crippen molar-refractivity contribution in [3.63, 3.8) is 0 Å². The van der Waals surface area contributed by atoms with Crippen molar-refractivity contribution in [1.82, 2.24) is 9.80 Å². The highest BCUT2D eigenvalue weighted by atomic mass is 16.4. The van der Waals surface area contributed by atoms with Crippen molar-refractivity contribution in [3.8, 4) is 0 Å². The summed E-state index contributed by atoms with van der Waals surface area (Å²) in [4.78, 5) is 42.6. The van der Waals surface area contributed by atoms with Crippen LogP contribution in [0, 0.1) is 11.3 Å². The first-order chi connectivity index (χ1) is 13.0. The summed E-state index contributed by atoms with van der Waals surface area (Å²) in [7, 11) is 0. The lowest BCUT2D eigenvalue weighted by atomic mass is 9.81. The van der Waals surface area contributed by atoms with Gasteiger partial charge in [0.1, 0.15) is 5.41 Å². The number of aliphatic carboxylic acids is 1. The first kappa shape index (κ1) is 17.7. The number of benzene rings is 1. The minimum Gasteiger partial charge on any atom is -0.481 e. The molecule has 7 nitrogen and oxygen atoms in total. The number of likely N-dealkylation sites (tertiary alicyclic amines) is 2. The Hall–Kier alpha value is -2.67. The van der Waals surface area contributed by atoms with Crippen LogP contribution >= 0.6 is 0 Å². The molecular formula is C20H23N3O4. The molecule has 0 aromatic heterocycles. The molecule has 0 radical (unpaired) electrons. The average Bonchev–Trinajstić information content (AvgIpc) is 3.29. The summed E-state index contributed by atoms with van der Waals surface area (Å²) in [5.74, 6) is -1.77. The number of carbonyl (C=O) groups excluding carboxylic acids is 2. The van der Waals surface area contributed by atoms with Crippen LogP contribution in [0.2, 0.25) is 0 Å².